The summed E-state index contributed by atoms with van der Waals surface area (Å²) in [5.41, 5.74) is 0.702. The van der Waals surface area contributed by atoms with Crippen LogP contribution in [0, 0.1) is 5.82 Å². The lowest BCUT2D eigenvalue weighted by molar-refractivity contribution is -0.116. The highest BCUT2D eigenvalue weighted by Gasteiger charge is 2.22. The minimum Gasteiger partial charge on any atom is -0.454 e. The van der Waals surface area contributed by atoms with E-state index in [0.29, 0.717) is 34.7 Å². The Morgan fingerprint density at radius 2 is 1.94 bits per heavy atom. The van der Waals surface area contributed by atoms with Crippen molar-refractivity contribution in [1.29, 1.82) is 0 Å². The van der Waals surface area contributed by atoms with Crippen molar-refractivity contribution < 1.29 is 23.5 Å². The normalized spacial score (nSPS) is 12.9. The van der Waals surface area contributed by atoms with Gasteiger partial charge in [-0.2, -0.15) is 0 Å². The maximum absolute atomic E-state index is 13.8. The number of ether oxygens (including phenoxy) is 2. The summed E-state index contributed by atoms with van der Waals surface area (Å²) in [4.78, 5) is 25.1. The summed E-state index contributed by atoms with van der Waals surface area (Å²) >= 11 is 1.23. The van der Waals surface area contributed by atoms with Gasteiger partial charge in [0.2, 0.25) is 18.6 Å². The van der Waals surface area contributed by atoms with Gasteiger partial charge in [-0.1, -0.05) is 23.9 Å². The fourth-order valence-corrected chi connectivity index (χ4v) is 4.12. The van der Waals surface area contributed by atoms with Crippen LogP contribution in [-0.2, 0) is 22.6 Å². The van der Waals surface area contributed by atoms with E-state index in [2.05, 4.69) is 20.8 Å². The molecule has 0 bridgehead atoms. The Hall–Kier alpha value is -3.60. The Kier molecular flexibility index (Phi) is 6.78. The lowest BCUT2D eigenvalue weighted by Crippen LogP contribution is -2.23. The number of rotatable bonds is 8. The SMILES string of the molecule is CCn1c(CC(=O)Nc2ccccc2F)nnc1S[C@@H](C)C(=O)Nc1ccc2c(c1)OCO2. The van der Waals surface area contributed by atoms with Crippen molar-refractivity contribution >= 4 is 35.0 Å². The fraction of sp³-hybridized carbons (Fsp3) is 0.273. The van der Waals surface area contributed by atoms with Crippen LogP contribution in [0.25, 0.3) is 0 Å². The Balaban J connectivity index is 1.38. The Labute approximate surface area is 193 Å². The van der Waals surface area contributed by atoms with Crippen molar-refractivity contribution in [2.45, 2.75) is 37.2 Å². The highest BCUT2D eigenvalue weighted by atomic mass is 32.2. The van der Waals surface area contributed by atoms with E-state index < -0.39 is 17.0 Å². The fourth-order valence-electron chi connectivity index (χ4n) is 3.19. The molecule has 0 radical (unpaired) electrons. The number of nitrogens with one attached hydrogen (secondary N) is 2. The molecule has 1 aliphatic rings. The van der Waals surface area contributed by atoms with Gasteiger partial charge in [-0.3, -0.25) is 9.59 Å². The van der Waals surface area contributed by atoms with Crippen molar-refractivity contribution in [2.24, 2.45) is 0 Å². The largest absolute Gasteiger partial charge is 0.454 e. The van der Waals surface area contributed by atoms with Crippen LogP contribution >= 0.6 is 11.8 Å². The number of nitrogens with zero attached hydrogens (tertiary/aromatic N) is 3. The third-order valence-corrected chi connectivity index (χ3v) is 5.95. The summed E-state index contributed by atoms with van der Waals surface area (Å²) in [7, 11) is 0. The number of hydrogen-bond acceptors (Lipinski definition) is 7. The number of aromatic nitrogens is 3. The Morgan fingerprint density at radius 1 is 1.15 bits per heavy atom. The Morgan fingerprint density at radius 3 is 2.73 bits per heavy atom. The molecule has 2 N–H and O–H groups in total. The van der Waals surface area contributed by atoms with Crippen LogP contribution in [0.4, 0.5) is 15.8 Å². The van der Waals surface area contributed by atoms with Crippen molar-refractivity contribution in [3.63, 3.8) is 0 Å². The maximum atomic E-state index is 13.8. The van der Waals surface area contributed by atoms with Gasteiger partial charge in [0.1, 0.15) is 11.6 Å². The lowest BCUT2D eigenvalue weighted by atomic mass is 10.2. The minimum atomic E-state index is -0.513. The summed E-state index contributed by atoms with van der Waals surface area (Å²) in [6.07, 6.45) is -0.0759. The van der Waals surface area contributed by atoms with Gasteiger partial charge in [-0.15, -0.1) is 10.2 Å². The molecule has 2 aromatic carbocycles. The second-order valence-electron chi connectivity index (χ2n) is 7.17. The number of thioether (sulfide) groups is 1. The summed E-state index contributed by atoms with van der Waals surface area (Å²) in [5, 5.41) is 13.7. The first-order valence-corrected chi connectivity index (χ1v) is 11.2. The molecule has 0 aliphatic carbocycles. The third kappa shape index (κ3) is 5.25. The van der Waals surface area contributed by atoms with Crippen LogP contribution < -0.4 is 20.1 Å². The van der Waals surface area contributed by atoms with E-state index in [9.17, 15) is 14.0 Å². The number of carbonyl (C=O) groups is 2. The summed E-state index contributed by atoms with van der Waals surface area (Å²) in [5.74, 6) is 0.504. The van der Waals surface area contributed by atoms with Crippen molar-refractivity contribution in [1.82, 2.24) is 14.8 Å². The molecule has 3 aromatic rings. The van der Waals surface area contributed by atoms with Gasteiger partial charge in [0.25, 0.3) is 0 Å². The van der Waals surface area contributed by atoms with Gasteiger partial charge in [-0.25, -0.2) is 4.39 Å². The molecule has 4 rings (SSSR count). The molecule has 1 aromatic heterocycles. The number of anilines is 2. The lowest BCUT2D eigenvalue weighted by Gasteiger charge is -2.13. The molecule has 0 saturated carbocycles. The highest BCUT2D eigenvalue weighted by Crippen LogP contribution is 2.34. The van der Waals surface area contributed by atoms with Gasteiger partial charge >= 0.3 is 0 Å². The number of benzene rings is 2. The first-order valence-electron chi connectivity index (χ1n) is 10.3. The van der Waals surface area contributed by atoms with Crippen LogP contribution in [0.2, 0.25) is 0 Å². The average Bonchev–Trinajstić information content (AvgIpc) is 3.41. The molecule has 2 amide bonds. The smallest absolute Gasteiger partial charge is 0.237 e. The monoisotopic (exact) mass is 471 g/mol. The zero-order valence-corrected chi connectivity index (χ0v) is 18.8. The van der Waals surface area contributed by atoms with Crippen LogP contribution in [0.1, 0.15) is 19.7 Å². The van der Waals surface area contributed by atoms with Crippen LogP contribution in [-0.4, -0.2) is 38.6 Å². The van der Waals surface area contributed by atoms with E-state index in [1.807, 2.05) is 6.92 Å². The number of fused-ring (bicyclic) bond motifs is 1. The molecule has 11 heteroatoms. The summed E-state index contributed by atoms with van der Waals surface area (Å²) < 4.78 is 26.1. The van der Waals surface area contributed by atoms with Crippen LogP contribution in [0.5, 0.6) is 11.5 Å². The van der Waals surface area contributed by atoms with E-state index in [1.165, 1.54) is 23.9 Å². The minimum absolute atomic E-state index is 0.0759. The molecule has 0 fully saturated rings. The molecule has 0 unspecified atom stereocenters. The quantitative estimate of drug-likeness (QED) is 0.485. The van der Waals surface area contributed by atoms with Gasteiger partial charge < -0.3 is 24.7 Å². The molecule has 172 valence electrons. The molecular formula is C22H22FN5O4S. The third-order valence-electron chi connectivity index (χ3n) is 4.87. The van der Waals surface area contributed by atoms with E-state index in [-0.39, 0.29) is 24.8 Å². The number of halogens is 1. The van der Waals surface area contributed by atoms with Crippen molar-refractivity contribution in [2.75, 3.05) is 17.4 Å². The molecule has 1 aliphatic heterocycles. The molecule has 1 atom stereocenters. The number of hydrogen-bond donors (Lipinski definition) is 2. The first-order chi connectivity index (χ1) is 15.9. The van der Waals surface area contributed by atoms with Gasteiger partial charge in [0, 0.05) is 18.3 Å². The zero-order valence-electron chi connectivity index (χ0n) is 18.0. The first kappa shape index (κ1) is 22.6. The van der Waals surface area contributed by atoms with Gasteiger partial charge in [0.15, 0.2) is 16.7 Å². The second kappa shape index (κ2) is 9.90. The standard InChI is InChI=1S/C22H22FN5O4S/c1-3-28-19(11-20(29)25-16-7-5-4-6-15(16)23)26-27-22(28)33-13(2)21(30)24-14-8-9-17-18(10-14)32-12-31-17/h4-10,13H,3,11-12H2,1-2H3,(H,24,30)(H,25,29)/t13-/m0/s1. The molecule has 0 saturated heterocycles. The Bertz CT molecular complexity index is 1190. The summed E-state index contributed by atoms with van der Waals surface area (Å²) in [6.45, 7) is 4.32. The van der Waals surface area contributed by atoms with E-state index in [4.69, 9.17) is 9.47 Å². The number of para-hydroxylation sites is 1. The van der Waals surface area contributed by atoms with E-state index >= 15 is 0 Å². The summed E-state index contributed by atoms with van der Waals surface area (Å²) in [6, 6.07) is 11.1. The average molecular weight is 472 g/mol. The second-order valence-corrected chi connectivity index (χ2v) is 8.47. The highest BCUT2D eigenvalue weighted by molar-refractivity contribution is 8.00. The predicted molar refractivity (Wildman–Crippen MR) is 121 cm³/mol. The molecule has 0 spiro atoms. The number of carbonyl (C=O) groups excluding carboxylic acids is 2. The van der Waals surface area contributed by atoms with Crippen LogP contribution in [0.15, 0.2) is 47.6 Å². The van der Waals surface area contributed by atoms with Gasteiger partial charge in [0.05, 0.1) is 17.4 Å². The van der Waals surface area contributed by atoms with Crippen LogP contribution in [0.3, 0.4) is 0 Å². The molecule has 2 heterocycles. The van der Waals surface area contributed by atoms with Gasteiger partial charge in [-0.05, 0) is 38.1 Å². The predicted octanol–water partition coefficient (Wildman–Crippen LogP) is 3.47. The van der Waals surface area contributed by atoms with E-state index in [0.717, 1.165) is 0 Å². The molecular weight excluding hydrogens is 449 g/mol. The van der Waals surface area contributed by atoms with E-state index in [1.54, 1.807) is 41.8 Å². The maximum Gasteiger partial charge on any atom is 0.237 e. The number of amides is 2. The van der Waals surface area contributed by atoms with Crippen molar-refractivity contribution in [3.05, 3.63) is 54.1 Å². The molecule has 33 heavy (non-hydrogen) atoms. The topological polar surface area (TPSA) is 107 Å². The molecule has 9 nitrogen and oxygen atoms in total. The van der Waals surface area contributed by atoms with Crippen molar-refractivity contribution in [3.8, 4) is 11.5 Å². The zero-order chi connectivity index (χ0) is 23.4.